The Morgan fingerprint density at radius 2 is 1.91 bits per heavy atom. The Morgan fingerprint density at radius 3 is 2.67 bits per heavy atom. The molecule has 0 bridgehead atoms. The highest BCUT2D eigenvalue weighted by atomic mass is 19.4. The van der Waals surface area contributed by atoms with Gasteiger partial charge in [0.15, 0.2) is 0 Å². The molecule has 4 aromatic rings. The molecule has 6 rings (SSSR count). The molecule has 1 aromatic carbocycles. The molecule has 5 heterocycles. The van der Waals surface area contributed by atoms with E-state index in [1.165, 1.54) is 6.20 Å². The van der Waals surface area contributed by atoms with Crippen molar-refractivity contribution in [1.82, 2.24) is 24.8 Å². The van der Waals surface area contributed by atoms with Gasteiger partial charge in [-0.25, -0.2) is 9.97 Å². The molecule has 0 saturated carbocycles. The first-order valence-electron chi connectivity index (χ1n) is 14.5. The van der Waals surface area contributed by atoms with Crippen LogP contribution in [0, 0.1) is 6.92 Å². The molecule has 1 unspecified atom stereocenters. The topological polar surface area (TPSA) is 83.6 Å². The van der Waals surface area contributed by atoms with Crippen LogP contribution in [-0.2, 0) is 23.9 Å². The first-order chi connectivity index (χ1) is 20.5. The molecular weight excluding hydrogens is 559 g/mol. The number of halogens is 3. The van der Waals surface area contributed by atoms with Crippen molar-refractivity contribution in [2.45, 2.75) is 57.9 Å². The second-order valence-electron chi connectivity index (χ2n) is 11.7. The number of hydrogen-bond donors (Lipinski definition) is 1. The van der Waals surface area contributed by atoms with Crippen LogP contribution >= 0.6 is 0 Å². The highest BCUT2D eigenvalue weighted by Gasteiger charge is 2.37. The summed E-state index contributed by atoms with van der Waals surface area (Å²) in [5.41, 5.74) is 3.03. The third kappa shape index (κ3) is 6.31. The average molecular weight is 594 g/mol. The number of ether oxygens (including phenoxy) is 2. The van der Waals surface area contributed by atoms with Crippen molar-refractivity contribution in [1.29, 1.82) is 0 Å². The fourth-order valence-electron chi connectivity index (χ4n) is 5.94. The number of nitrogens with one attached hydrogen (secondary N) is 1. The summed E-state index contributed by atoms with van der Waals surface area (Å²) >= 11 is 0. The number of aromatic amines is 1. The summed E-state index contributed by atoms with van der Waals surface area (Å²) in [5, 5.41) is 0.873. The summed E-state index contributed by atoms with van der Waals surface area (Å²) in [5.74, 6) is 0.665. The van der Waals surface area contributed by atoms with Crippen LogP contribution in [0.3, 0.4) is 0 Å². The third-order valence-electron chi connectivity index (χ3n) is 8.22. The minimum absolute atomic E-state index is 0.0517. The number of hydrogen-bond acceptors (Lipinski definition) is 6. The Hall–Kier alpha value is -4.12. The Kier molecular flexibility index (Phi) is 7.76. The number of H-pyrrole nitrogens is 1. The number of benzene rings is 1. The van der Waals surface area contributed by atoms with E-state index in [9.17, 15) is 18.0 Å². The van der Waals surface area contributed by atoms with Crippen molar-refractivity contribution in [2.24, 2.45) is 0 Å². The van der Waals surface area contributed by atoms with Crippen molar-refractivity contribution in [3.8, 4) is 17.4 Å². The molecule has 226 valence electrons. The number of piperidine rings is 1. The van der Waals surface area contributed by atoms with Gasteiger partial charge < -0.3 is 24.3 Å². The van der Waals surface area contributed by atoms with Gasteiger partial charge in [-0.05, 0) is 79.8 Å². The quantitative estimate of drug-likeness (QED) is 0.285. The van der Waals surface area contributed by atoms with Crippen molar-refractivity contribution in [2.75, 3.05) is 26.7 Å². The fraction of sp³-hybridized carbons (Fsp3) is 0.406. The zero-order chi connectivity index (χ0) is 30.3. The zero-order valence-electron chi connectivity index (χ0n) is 24.4. The van der Waals surface area contributed by atoms with Crippen LogP contribution in [0.4, 0.5) is 13.2 Å². The van der Waals surface area contributed by atoms with Crippen LogP contribution in [0.5, 0.6) is 17.4 Å². The van der Waals surface area contributed by atoms with E-state index in [-0.39, 0.29) is 29.9 Å². The first-order valence-corrected chi connectivity index (χ1v) is 14.5. The third-order valence-corrected chi connectivity index (χ3v) is 8.22. The number of nitrogens with zero attached hydrogens (tertiary/aromatic N) is 4. The molecule has 3 aromatic heterocycles. The Labute approximate surface area is 247 Å². The van der Waals surface area contributed by atoms with Gasteiger partial charge in [0, 0.05) is 44.3 Å². The lowest BCUT2D eigenvalue weighted by Gasteiger charge is -2.33. The number of rotatable bonds is 6. The maximum Gasteiger partial charge on any atom is 0.421 e. The van der Waals surface area contributed by atoms with E-state index in [1.54, 1.807) is 17.2 Å². The zero-order valence-corrected chi connectivity index (χ0v) is 24.4. The smallest absolute Gasteiger partial charge is 0.421 e. The number of aromatic nitrogens is 3. The summed E-state index contributed by atoms with van der Waals surface area (Å²) in [6.07, 6.45) is -0.890. The van der Waals surface area contributed by atoms with Crippen molar-refractivity contribution < 1.29 is 27.4 Å². The molecule has 1 amide bonds. The van der Waals surface area contributed by atoms with Gasteiger partial charge in [-0.3, -0.25) is 4.79 Å². The number of pyridine rings is 2. The number of aryl methyl sites for hydroxylation is 1. The molecule has 1 atom stereocenters. The second-order valence-corrected chi connectivity index (χ2v) is 11.7. The van der Waals surface area contributed by atoms with E-state index >= 15 is 0 Å². The average Bonchev–Trinajstić information content (AvgIpc) is 3.35. The summed E-state index contributed by atoms with van der Waals surface area (Å²) in [4.78, 5) is 28.8. The monoisotopic (exact) mass is 593 g/mol. The summed E-state index contributed by atoms with van der Waals surface area (Å²) in [6.45, 7) is 6.30. The molecule has 1 N–H and O–H groups in total. The molecular formula is C32H34F3N5O3. The minimum Gasteiger partial charge on any atom is -0.474 e. The standard InChI is InChI=1S/C32H34F3N5O3/c1-19-17-40(18-22-15-24(4-5-25(19)22)42-28-6-9-36-30-26(28)12-20(2)38-30)29(41)14-21-13-27(32(33,34)35)31(37-16-21)43-23-7-10-39(3)11-8-23/h4-6,9,12-13,15-16,19,23H,7-8,10-11,14,17-18H2,1-3H3,(H,36,38). The molecule has 0 spiro atoms. The van der Waals surface area contributed by atoms with E-state index < -0.39 is 17.6 Å². The first kappa shape index (κ1) is 29.0. The SMILES string of the molecule is Cc1cc2c(Oc3ccc4c(c3)CN(C(=O)Cc3cnc(OC5CCN(C)CC5)c(C(F)(F)F)c3)CC4C)ccnc2[nH]1. The minimum atomic E-state index is -4.65. The van der Waals surface area contributed by atoms with Gasteiger partial charge in [-0.1, -0.05) is 13.0 Å². The lowest BCUT2D eigenvalue weighted by atomic mass is 9.90. The lowest BCUT2D eigenvalue weighted by Crippen LogP contribution is -2.38. The fourth-order valence-corrected chi connectivity index (χ4v) is 5.94. The number of alkyl halides is 3. The van der Waals surface area contributed by atoms with Crippen LogP contribution in [0.25, 0.3) is 11.0 Å². The van der Waals surface area contributed by atoms with Crippen LogP contribution in [0.2, 0.25) is 0 Å². The molecule has 0 radical (unpaired) electrons. The number of carbonyl (C=O) groups excluding carboxylic acids is 1. The molecule has 0 aliphatic carbocycles. The second kappa shape index (κ2) is 11.5. The van der Waals surface area contributed by atoms with Crippen molar-refractivity contribution in [3.63, 3.8) is 0 Å². The summed E-state index contributed by atoms with van der Waals surface area (Å²) in [7, 11) is 1.97. The van der Waals surface area contributed by atoms with Crippen molar-refractivity contribution >= 4 is 16.9 Å². The largest absolute Gasteiger partial charge is 0.474 e. The highest BCUT2D eigenvalue weighted by Crippen LogP contribution is 2.38. The molecule has 8 nitrogen and oxygen atoms in total. The molecule has 1 saturated heterocycles. The molecule has 2 aliphatic rings. The van der Waals surface area contributed by atoms with Gasteiger partial charge in [-0.15, -0.1) is 0 Å². The van der Waals surface area contributed by atoms with Crippen LogP contribution in [0.1, 0.15) is 53.6 Å². The normalized spacial score (nSPS) is 18.1. The number of amides is 1. The number of fused-ring (bicyclic) bond motifs is 2. The van der Waals surface area contributed by atoms with Gasteiger partial charge in [0.25, 0.3) is 0 Å². The van der Waals surface area contributed by atoms with E-state index in [4.69, 9.17) is 9.47 Å². The van der Waals surface area contributed by atoms with Crippen molar-refractivity contribution in [3.05, 3.63) is 76.7 Å². The number of carbonyl (C=O) groups is 1. The van der Waals surface area contributed by atoms with Crippen LogP contribution in [-0.4, -0.2) is 63.4 Å². The summed E-state index contributed by atoms with van der Waals surface area (Å²) in [6, 6.07) is 10.6. The van der Waals surface area contributed by atoms with Gasteiger partial charge in [0.1, 0.15) is 28.8 Å². The van der Waals surface area contributed by atoms with Gasteiger partial charge in [-0.2, -0.15) is 13.2 Å². The highest BCUT2D eigenvalue weighted by molar-refractivity contribution is 5.83. The Morgan fingerprint density at radius 1 is 1.12 bits per heavy atom. The molecule has 11 heteroatoms. The van der Waals surface area contributed by atoms with Gasteiger partial charge in [0.05, 0.1) is 11.8 Å². The molecule has 43 heavy (non-hydrogen) atoms. The van der Waals surface area contributed by atoms with Crippen LogP contribution in [0.15, 0.2) is 48.8 Å². The number of likely N-dealkylation sites (tertiary alicyclic amines) is 1. The predicted molar refractivity (Wildman–Crippen MR) is 155 cm³/mol. The summed E-state index contributed by atoms with van der Waals surface area (Å²) < 4.78 is 53.9. The predicted octanol–water partition coefficient (Wildman–Crippen LogP) is 6.24. The molecule has 2 aliphatic heterocycles. The van der Waals surface area contributed by atoms with E-state index in [0.29, 0.717) is 37.4 Å². The Bertz CT molecular complexity index is 1650. The van der Waals surface area contributed by atoms with E-state index in [2.05, 4.69) is 19.9 Å². The maximum absolute atomic E-state index is 14.0. The molecule has 1 fully saturated rings. The Balaban J connectivity index is 1.17. The van der Waals surface area contributed by atoms with Gasteiger partial charge in [0.2, 0.25) is 11.8 Å². The van der Waals surface area contributed by atoms with Crippen LogP contribution < -0.4 is 9.47 Å². The lowest BCUT2D eigenvalue weighted by molar-refractivity contribution is -0.140. The maximum atomic E-state index is 14.0. The van der Waals surface area contributed by atoms with E-state index in [0.717, 1.165) is 47.0 Å². The van der Waals surface area contributed by atoms with Gasteiger partial charge >= 0.3 is 6.18 Å². The van der Waals surface area contributed by atoms with E-state index in [1.807, 2.05) is 45.2 Å².